The van der Waals surface area contributed by atoms with E-state index in [0.717, 1.165) is 12.8 Å². The molecule has 1 fully saturated rings. The van der Waals surface area contributed by atoms with Gasteiger partial charge in [-0.1, -0.05) is 71.0 Å². The van der Waals surface area contributed by atoms with E-state index >= 15 is 0 Å². The van der Waals surface area contributed by atoms with Gasteiger partial charge in [0.05, 0.1) is 12.2 Å². The third kappa shape index (κ3) is 4.68. The molecule has 0 saturated carbocycles. The van der Waals surface area contributed by atoms with Crippen LogP contribution in [0.5, 0.6) is 0 Å². The molecule has 0 amide bonds. The molecule has 1 aromatic rings. The fourth-order valence-corrected chi connectivity index (χ4v) is 3.22. The van der Waals surface area contributed by atoms with Crippen LogP contribution in [0.4, 0.5) is 0 Å². The molecular formula is C21H32O2. The number of benzene rings is 1. The Labute approximate surface area is 141 Å². The Balaban J connectivity index is 2.10. The SMILES string of the molecule is C=C[C@@H](C)[C@@H]1O[C@@H](C(C)(C)C)O[C@@H](CCc2ccccc2)[C@H]1C. The predicted molar refractivity (Wildman–Crippen MR) is 96.3 cm³/mol. The molecule has 2 rings (SSSR count). The summed E-state index contributed by atoms with van der Waals surface area (Å²) in [6.07, 6.45) is 4.31. The van der Waals surface area contributed by atoms with Crippen molar-refractivity contribution in [3.8, 4) is 0 Å². The molecule has 1 aliphatic heterocycles. The van der Waals surface area contributed by atoms with Gasteiger partial charge in [-0.15, -0.1) is 6.58 Å². The van der Waals surface area contributed by atoms with Gasteiger partial charge in [-0.05, 0) is 18.4 Å². The van der Waals surface area contributed by atoms with E-state index in [2.05, 4.69) is 71.5 Å². The van der Waals surface area contributed by atoms with Gasteiger partial charge in [0.15, 0.2) is 6.29 Å². The van der Waals surface area contributed by atoms with E-state index in [-0.39, 0.29) is 23.9 Å². The highest BCUT2D eigenvalue weighted by Gasteiger charge is 2.42. The molecule has 1 saturated heterocycles. The Morgan fingerprint density at radius 2 is 1.83 bits per heavy atom. The van der Waals surface area contributed by atoms with Crippen molar-refractivity contribution < 1.29 is 9.47 Å². The molecule has 2 nitrogen and oxygen atoms in total. The molecule has 1 aliphatic rings. The molecule has 128 valence electrons. The molecule has 0 bridgehead atoms. The largest absolute Gasteiger partial charge is 0.348 e. The van der Waals surface area contributed by atoms with E-state index in [1.165, 1.54) is 5.56 Å². The van der Waals surface area contributed by atoms with Crippen LogP contribution in [0.15, 0.2) is 43.0 Å². The van der Waals surface area contributed by atoms with Gasteiger partial charge in [-0.25, -0.2) is 0 Å². The monoisotopic (exact) mass is 316 g/mol. The smallest absolute Gasteiger partial charge is 0.163 e. The van der Waals surface area contributed by atoms with Crippen molar-refractivity contribution in [1.82, 2.24) is 0 Å². The molecule has 1 heterocycles. The van der Waals surface area contributed by atoms with Crippen molar-refractivity contribution in [2.45, 2.75) is 66.0 Å². The van der Waals surface area contributed by atoms with Crippen molar-refractivity contribution >= 4 is 0 Å². The van der Waals surface area contributed by atoms with Gasteiger partial charge in [-0.3, -0.25) is 0 Å². The molecule has 0 unspecified atom stereocenters. The van der Waals surface area contributed by atoms with Crippen molar-refractivity contribution in [3.63, 3.8) is 0 Å². The average Bonchev–Trinajstić information content (AvgIpc) is 2.53. The van der Waals surface area contributed by atoms with Crippen LogP contribution in [-0.4, -0.2) is 18.5 Å². The van der Waals surface area contributed by atoms with Gasteiger partial charge < -0.3 is 9.47 Å². The fraction of sp³-hybridized carbons (Fsp3) is 0.619. The summed E-state index contributed by atoms with van der Waals surface area (Å²) in [7, 11) is 0. The van der Waals surface area contributed by atoms with Crippen LogP contribution in [0.1, 0.15) is 46.6 Å². The Hall–Kier alpha value is -1.12. The van der Waals surface area contributed by atoms with E-state index in [1.807, 2.05) is 6.08 Å². The van der Waals surface area contributed by atoms with Gasteiger partial charge in [0, 0.05) is 17.3 Å². The van der Waals surface area contributed by atoms with Crippen LogP contribution < -0.4 is 0 Å². The third-order valence-corrected chi connectivity index (χ3v) is 4.84. The van der Waals surface area contributed by atoms with Gasteiger partial charge in [0.1, 0.15) is 0 Å². The molecule has 0 aliphatic carbocycles. The first-order chi connectivity index (χ1) is 10.8. The zero-order chi connectivity index (χ0) is 17.0. The first-order valence-electron chi connectivity index (χ1n) is 8.80. The Kier molecular flexibility index (Phi) is 6.05. The topological polar surface area (TPSA) is 18.5 Å². The number of rotatable bonds is 5. The highest BCUT2D eigenvalue weighted by atomic mass is 16.7. The van der Waals surface area contributed by atoms with Crippen molar-refractivity contribution in [2.24, 2.45) is 17.3 Å². The van der Waals surface area contributed by atoms with E-state index < -0.39 is 0 Å². The molecule has 0 radical (unpaired) electrons. The van der Waals surface area contributed by atoms with E-state index in [4.69, 9.17) is 9.47 Å². The van der Waals surface area contributed by atoms with Gasteiger partial charge >= 0.3 is 0 Å². The lowest BCUT2D eigenvalue weighted by Gasteiger charge is -2.46. The van der Waals surface area contributed by atoms with Crippen LogP contribution in [0.2, 0.25) is 0 Å². The number of hydrogen-bond acceptors (Lipinski definition) is 2. The normalized spacial score (nSPS) is 30.0. The maximum Gasteiger partial charge on any atom is 0.163 e. The number of hydrogen-bond donors (Lipinski definition) is 0. The minimum absolute atomic E-state index is 0.0235. The maximum absolute atomic E-state index is 6.35. The highest BCUT2D eigenvalue weighted by Crippen LogP contribution is 2.37. The average molecular weight is 316 g/mol. The van der Waals surface area contributed by atoms with Crippen molar-refractivity contribution in [1.29, 1.82) is 0 Å². The van der Waals surface area contributed by atoms with Gasteiger partial charge in [-0.2, -0.15) is 0 Å². The van der Waals surface area contributed by atoms with E-state index in [0.29, 0.717) is 11.8 Å². The zero-order valence-corrected chi connectivity index (χ0v) is 15.3. The summed E-state index contributed by atoms with van der Waals surface area (Å²) in [6.45, 7) is 14.9. The third-order valence-electron chi connectivity index (χ3n) is 4.84. The number of aryl methyl sites for hydroxylation is 1. The second kappa shape index (κ2) is 7.63. The quantitative estimate of drug-likeness (QED) is 0.692. The van der Waals surface area contributed by atoms with Crippen LogP contribution >= 0.6 is 0 Å². The predicted octanol–water partition coefficient (Wildman–Crippen LogP) is 5.23. The molecule has 5 atom stereocenters. The Morgan fingerprint density at radius 1 is 1.17 bits per heavy atom. The molecule has 0 aromatic heterocycles. The summed E-state index contributed by atoms with van der Waals surface area (Å²) in [5, 5.41) is 0. The summed E-state index contributed by atoms with van der Waals surface area (Å²) >= 11 is 0. The number of ether oxygens (including phenoxy) is 2. The van der Waals surface area contributed by atoms with Crippen molar-refractivity contribution in [2.75, 3.05) is 0 Å². The first-order valence-corrected chi connectivity index (χ1v) is 8.80. The zero-order valence-electron chi connectivity index (χ0n) is 15.3. The molecule has 23 heavy (non-hydrogen) atoms. The fourth-order valence-electron chi connectivity index (χ4n) is 3.22. The van der Waals surface area contributed by atoms with Crippen molar-refractivity contribution in [3.05, 3.63) is 48.6 Å². The summed E-state index contributed by atoms with van der Waals surface area (Å²) in [6, 6.07) is 10.6. The molecular weight excluding hydrogens is 284 g/mol. The standard InChI is InChI=1S/C21H32O2/c1-7-15(2)19-16(3)18(22-20(23-19)21(4,5)6)14-13-17-11-9-8-10-12-17/h7-12,15-16,18-20H,1,13-14H2,2-6H3/t15-,16-,18+,19+,20+/m1/s1. The maximum atomic E-state index is 6.35. The molecule has 0 N–H and O–H groups in total. The highest BCUT2D eigenvalue weighted by molar-refractivity contribution is 5.14. The minimum atomic E-state index is -0.160. The molecule has 1 aromatic carbocycles. The first kappa shape index (κ1) is 18.2. The lowest BCUT2D eigenvalue weighted by Crippen LogP contribution is -2.51. The second-order valence-electron chi connectivity index (χ2n) is 7.95. The van der Waals surface area contributed by atoms with E-state index in [1.54, 1.807) is 0 Å². The minimum Gasteiger partial charge on any atom is -0.348 e. The molecule has 2 heteroatoms. The summed E-state index contributed by atoms with van der Waals surface area (Å²) < 4.78 is 12.7. The van der Waals surface area contributed by atoms with Crippen LogP contribution in [0.25, 0.3) is 0 Å². The lowest BCUT2D eigenvalue weighted by molar-refractivity contribution is -0.305. The van der Waals surface area contributed by atoms with Crippen LogP contribution in [-0.2, 0) is 15.9 Å². The summed E-state index contributed by atoms with van der Waals surface area (Å²) in [5.74, 6) is 0.697. The van der Waals surface area contributed by atoms with Crippen LogP contribution in [0, 0.1) is 17.3 Å². The summed E-state index contributed by atoms with van der Waals surface area (Å²) in [4.78, 5) is 0. The Morgan fingerprint density at radius 3 is 2.39 bits per heavy atom. The summed E-state index contributed by atoms with van der Waals surface area (Å²) in [5.41, 5.74) is 1.35. The van der Waals surface area contributed by atoms with Crippen LogP contribution in [0.3, 0.4) is 0 Å². The molecule has 0 spiro atoms. The van der Waals surface area contributed by atoms with Gasteiger partial charge in [0.25, 0.3) is 0 Å². The lowest BCUT2D eigenvalue weighted by atomic mass is 9.84. The second-order valence-corrected chi connectivity index (χ2v) is 7.95. The Bertz CT molecular complexity index is 488. The van der Waals surface area contributed by atoms with Gasteiger partial charge in [0.2, 0.25) is 0 Å². The van der Waals surface area contributed by atoms with E-state index in [9.17, 15) is 0 Å².